The third-order valence-corrected chi connectivity index (χ3v) is 4.18. The van der Waals surface area contributed by atoms with Crippen LogP contribution in [0.15, 0.2) is 21.9 Å². The molecule has 10 nitrogen and oxygen atoms in total. The number of aldehydes is 2. The van der Waals surface area contributed by atoms with E-state index in [1.807, 2.05) is 4.98 Å². The van der Waals surface area contributed by atoms with Gasteiger partial charge in [-0.05, 0) is 0 Å². The summed E-state index contributed by atoms with van der Waals surface area (Å²) in [6.07, 6.45) is -3.03. The lowest BCUT2D eigenvalue weighted by Crippen LogP contribution is -2.63. The minimum atomic E-state index is -2.82. The van der Waals surface area contributed by atoms with E-state index < -0.39 is 39.8 Å². The molecule has 1 aromatic rings. The molecule has 0 radical (unpaired) electrons. The maximum Gasteiger partial charge on any atom is 0.330 e. The maximum absolute atomic E-state index is 11.7. The van der Waals surface area contributed by atoms with Crippen molar-refractivity contribution in [1.82, 2.24) is 9.55 Å². The second kappa shape index (κ2) is 5.52. The van der Waals surface area contributed by atoms with Crippen molar-refractivity contribution in [2.75, 3.05) is 0 Å². The summed E-state index contributed by atoms with van der Waals surface area (Å²) in [6, 6.07) is 0.933. The molecule has 1 fully saturated rings. The average molecular weight is 379 g/mol. The summed E-state index contributed by atoms with van der Waals surface area (Å²) in [6.45, 7) is 0. The number of H-pyrrole nitrogens is 1. The van der Waals surface area contributed by atoms with Gasteiger partial charge < -0.3 is 20.1 Å². The fraction of sp³-hybridized carbons (Fsp3) is 0.455. The third kappa shape index (κ3) is 2.09. The van der Waals surface area contributed by atoms with E-state index in [4.69, 9.17) is 4.74 Å². The van der Waals surface area contributed by atoms with Crippen molar-refractivity contribution < 1.29 is 29.6 Å². The Bertz CT molecular complexity index is 715. The molecular weight excluding hydrogens is 368 g/mol. The Balaban J connectivity index is 2.62. The van der Waals surface area contributed by atoms with Gasteiger partial charge in [0.2, 0.25) is 0 Å². The van der Waals surface area contributed by atoms with Crippen molar-refractivity contribution in [2.24, 2.45) is 0 Å². The first-order chi connectivity index (χ1) is 10.2. The topological polar surface area (TPSA) is 159 Å². The molecule has 1 unspecified atom stereocenters. The molecule has 11 heteroatoms. The highest BCUT2D eigenvalue weighted by Crippen LogP contribution is 2.45. The van der Waals surface area contributed by atoms with Gasteiger partial charge in [-0.25, -0.2) is 4.79 Å². The third-order valence-electron chi connectivity index (χ3n) is 3.50. The predicted octanol–water partition coefficient (Wildman–Crippen LogP) is -2.99. The van der Waals surface area contributed by atoms with Crippen LogP contribution in [-0.2, 0) is 14.3 Å². The highest BCUT2D eigenvalue weighted by Gasteiger charge is 2.69. The van der Waals surface area contributed by atoms with E-state index in [9.17, 15) is 34.5 Å². The molecule has 1 aliphatic heterocycles. The molecule has 1 aromatic heterocycles. The molecule has 0 aromatic carbocycles. The van der Waals surface area contributed by atoms with Crippen LogP contribution in [0.1, 0.15) is 6.23 Å². The normalized spacial score (nSPS) is 36.0. The fourth-order valence-corrected chi connectivity index (χ4v) is 2.81. The van der Waals surface area contributed by atoms with Gasteiger partial charge in [0, 0.05) is 12.3 Å². The molecule has 0 amide bonds. The number of aliphatic hydroxyl groups is 3. The van der Waals surface area contributed by atoms with Crippen LogP contribution in [0.25, 0.3) is 0 Å². The number of ether oxygens (including phenoxy) is 1. The predicted molar refractivity (Wildman–Crippen MR) is 72.2 cm³/mol. The van der Waals surface area contributed by atoms with Crippen molar-refractivity contribution >= 4 is 28.5 Å². The molecule has 2 heterocycles. The minimum Gasteiger partial charge on any atom is -0.385 e. The number of alkyl halides is 1. The molecule has 0 spiro atoms. The van der Waals surface area contributed by atoms with Crippen LogP contribution in [0.5, 0.6) is 0 Å². The molecular formula is C11H11BrN2O8. The Labute approximate surface area is 130 Å². The number of carbonyl (C=O) groups is 2. The number of carbonyl (C=O) groups excluding carboxylic acids is 2. The van der Waals surface area contributed by atoms with E-state index >= 15 is 0 Å². The minimum absolute atomic E-state index is 0.0548. The first-order valence-corrected chi connectivity index (χ1v) is 6.79. The summed E-state index contributed by atoms with van der Waals surface area (Å²) >= 11 is 2.62. The number of halogens is 1. The van der Waals surface area contributed by atoms with Gasteiger partial charge in [0.1, 0.15) is 11.1 Å². The van der Waals surface area contributed by atoms with Gasteiger partial charge >= 0.3 is 5.69 Å². The SMILES string of the molecule is O=C[C@]1(C(O)Br)O[C@@H](n2ccc(=O)[nH]c2=O)[C@H](O)[C@@]1(O)C=O. The second-order valence-electron chi connectivity index (χ2n) is 4.66. The molecule has 4 N–H and O–H groups in total. The summed E-state index contributed by atoms with van der Waals surface area (Å²) in [4.78, 5) is 47.2. The van der Waals surface area contributed by atoms with E-state index in [1.54, 1.807) is 0 Å². The molecule has 0 aliphatic carbocycles. The lowest BCUT2D eigenvalue weighted by Gasteiger charge is -2.34. The van der Waals surface area contributed by atoms with E-state index in [0.717, 1.165) is 12.3 Å². The number of hydrogen-bond donors (Lipinski definition) is 4. The number of nitrogens with zero attached hydrogens (tertiary/aromatic N) is 1. The van der Waals surface area contributed by atoms with Crippen LogP contribution in [0, 0.1) is 0 Å². The lowest BCUT2D eigenvalue weighted by molar-refractivity contribution is -0.177. The number of aromatic nitrogens is 2. The van der Waals surface area contributed by atoms with E-state index in [1.165, 1.54) is 0 Å². The Morgan fingerprint density at radius 1 is 1.41 bits per heavy atom. The Kier molecular flexibility index (Phi) is 4.19. The van der Waals surface area contributed by atoms with Gasteiger partial charge in [0.25, 0.3) is 5.56 Å². The van der Waals surface area contributed by atoms with E-state index in [2.05, 4.69) is 15.9 Å². The Hall–Kier alpha value is -1.66. The van der Waals surface area contributed by atoms with Crippen molar-refractivity contribution in [3.63, 3.8) is 0 Å². The highest BCUT2D eigenvalue weighted by molar-refractivity contribution is 9.09. The standard InChI is InChI=1S/C11H11BrN2O8/c12-8(19)11(4-16)10(21,3-15)6(18)7(22-11)14-2-1-5(17)13-9(14)20/h1-4,6-8,18-19,21H,(H,13,17,20)/t6-,7+,8?,10-,11+/m0/s1. The van der Waals surface area contributed by atoms with Gasteiger partial charge in [-0.1, -0.05) is 15.9 Å². The summed E-state index contributed by atoms with van der Waals surface area (Å²) in [5.74, 6) is 0. The van der Waals surface area contributed by atoms with Crippen LogP contribution >= 0.6 is 15.9 Å². The van der Waals surface area contributed by atoms with Crippen LogP contribution < -0.4 is 11.2 Å². The zero-order valence-electron chi connectivity index (χ0n) is 10.7. The zero-order valence-corrected chi connectivity index (χ0v) is 12.3. The molecule has 2 rings (SSSR count). The second-order valence-corrected chi connectivity index (χ2v) is 5.53. The number of hydrogen-bond acceptors (Lipinski definition) is 8. The summed E-state index contributed by atoms with van der Waals surface area (Å²) < 4.78 is 5.80. The quantitative estimate of drug-likeness (QED) is 0.318. The fourth-order valence-electron chi connectivity index (χ4n) is 2.23. The molecule has 0 bridgehead atoms. The highest BCUT2D eigenvalue weighted by atomic mass is 79.9. The van der Waals surface area contributed by atoms with Gasteiger partial charge in [0.15, 0.2) is 30.0 Å². The van der Waals surface area contributed by atoms with E-state index in [-0.39, 0.29) is 12.6 Å². The van der Waals surface area contributed by atoms with Crippen LogP contribution in [0.4, 0.5) is 0 Å². The molecule has 1 saturated heterocycles. The number of aliphatic hydroxyl groups excluding tert-OH is 2. The van der Waals surface area contributed by atoms with Gasteiger partial charge in [-0.3, -0.25) is 23.9 Å². The first kappa shape index (κ1) is 16.7. The van der Waals surface area contributed by atoms with Crippen molar-refractivity contribution in [2.45, 2.75) is 28.5 Å². The number of rotatable bonds is 4. The average Bonchev–Trinajstić information content (AvgIpc) is 2.70. The lowest BCUT2D eigenvalue weighted by atomic mass is 9.83. The summed E-state index contributed by atoms with van der Waals surface area (Å²) in [5, 5.41) is 28.2. The Morgan fingerprint density at radius 2 is 2.05 bits per heavy atom. The molecule has 22 heavy (non-hydrogen) atoms. The van der Waals surface area contributed by atoms with Gasteiger partial charge in [-0.15, -0.1) is 0 Å². The summed E-state index contributed by atoms with van der Waals surface area (Å²) in [5.41, 5.74) is -7.09. The number of aromatic amines is 1. The Morgan fingerprint density at radius 3 is 2.45 bits per heavy atom. The van der Waals surface area contributed by atoms with Crippen LogP contribution in [-0.4, -0.2) is 59.8 Å². The zero-order chi connectivity index (χ0) is 16.7. The van der Waals surface area contributed by atoms with Crippen molar-refractivity contribution in [3.05, 3.63) is 33.1 Å². The maximum atomic E-state index is 11.7. The van der Waals surface area contributed by atoms with E-state index in [0.29, 0.717) is 4.57 Å². The molecule has 1 aliphatic rings. The van der Waals surface area contributed by atoms with Crippen molar-refractivity contribution in [3.8, 4) is 0 Å². The molecule has 5 atom stereocenters. The number of nitrogens with one attached hydrogen (secondary N) is 1. The largest absolute Gasteiger partial charge is 0.385 e. The summed E-state index contributed by atoms with van der Waals surface area (Å²) in [7, 11) is 0. The van der Waals surface area contributed by atoms with Gasteiger partial charge in [-0.2, -0.15) is 0 Å². The van der Waals surface area contributed by atoms with Crippen LogP contribution in [0.2, 0.25) is 0 Å². The van der Waals surface area contributed by atoms with Crippen LogP contribution in [0.3, 0.4) is 0 Å². The molecule has 120 valence electrons. The first-order valence-electron chi connectivity index (χ1n) is 5.88. The molecule has 0 saturated carbocycles. The smallest absolute Gasteiger partial charge is 0.330 e. The van der Waals surface area contributed by atoms with Gasteiger partial charge in [0.05, 0.1) is 0 Å². The van der Waals surface area contributed by atoms with Crippen molar-refractivity contribution in [1.29, 1.82) is 0 Å². The monoisotopic (exact) mass is 378 g/mol.